The molecule has 206 valence electrons. The van der Waals surface area contributed by atoms with Crippen LogP contribution in [0.2, 0.25) is 0 Å². The minimum Gasteiger partial charge on any atom is -0.383 e. The lowest BCUT2D eigenvalue weighted by molar-refractivity contribution is -0.0513. The first kappa shape index (κ1) is 25.0. The summed E-state index contributed by atoms with van der Waals surface area (Å²) < 4.78 is 1.43. The number of aliphatic hydroxyl groups is 1. The number of amides is 1. The van der Waals surface area contributed by atoms with Crippen LogP contribution in [-0.2, 0) is 5.60 Å². The van der Waals surface area contributed by atoms with Crippen molar-refractivity contribution in [1.29, 1.82) is 0 Å². The topological polar surface area (TPSA) is 168 Å². The van der Waals surface area contributed by atoms with E-state index in [0.717, 1.165) is 29.7 Å². The van der Waals surface area contributed by atoms with Gasteiger partial charge in [0, 0.05) is 47.8 Å². The van der Waals surface area contributed by atoms with Crippen molar-refractivity contribution in [3.8, 4) is 22.4 Å². The van der Waals surface area contributed by atoms with Crippen molar-refractivity contribution in [2.45, 2.75) is 50.3 Å². The number of rotatable bonds is 5. The predicted octanol–water partition coefficient (Wildman–Crippen LogP) is 3.02. The van der Waals surface area contributed by atoms with E-state index in [0.29, 0.717) is 11.2 Å². The zero-order chi connectivity index (χ0) is 28.3. The number of aromatic nitrogens is 7. The Morgan fingerprint density at radius 2 is 1.80 bits per heavy atom. The molecular formula is C29H27N9O3. The van der Waals surface area contributed by atoms with Crippen LogP contribution in [0, 0.1) is 0 Å². The van der Waals surface area contributed by atoms with Crippen LogP contribution in [0.15, 0.2) is 61.2 Å². The van der Waals surface area contributed by atoms with Gasteiger partial charge < -0.3 is 20.7 Å². The van der Waals surface area contributed by atoms with Gasteiger partial charge in [0.15, 0.2) is 11.4 Å². The fraction of sp³-hybridized carbons (Fsp3) is 0.276. The summed E-state index contributed by atoms with van der Waals surface area (Å²) in [5.74, 6) is -0.301. The second-order valence-electron chi connectivity index (χ2n) is 10.7. The number of pyridine rings is 1. The summed E-state index contributed by atoms with van der Waals surface area (Å²) >= 11 is 0. The fourth-order valence-electron chi connectivity index (χ4n) is 6.42. The number of aromatic amines is 1. The Labute approximate surface area is 234 Å². The molecule has 41 heavy (non-hydrogen) atoms. The van der Waals surface area contributed by atoms with Gasteiger partial charge in [0.2, 0.25) is 5.82 Å². The first-order valence-corrected chi connectivity index (χ1v) is 13.5. The molecule has 2 bridgehead atoms. The minimum atomic E-state index is -1.47. The number of nitrogens with zero attached hydrogens (tertiary/aromatic N) is 7. The maximum Gasteiger partial charge on any atom is 0.292 e. The van der Waals surface area contributed by atoms with Gasteiger partial charge in [0.05, 0.1) is 23.1 Å². The molecule has 5 aromatic rings. The number of benzene rings is 1. The number of ketones is 1. The number of H-pyrrole nitrogens is 1. The number of piperidine rings is 1. The van der Waals surface area contributed by atoms with Gasteiger partial charge in [-0.25, -0.2) is 4.98 Å². The van der Waals surface area contributed by atoms with Crippen LogP contribution in [0.5, 0.6) is 0 Å². The number of hydrogen-bond acceptors (Lipinski definition) is 9. The molecule has 12 nitrogen and oxygen atoms in total. The molecular weight excluding hydrogens is 522 g/mol. The second-order valence-corrected chi connectivity index (χ2v) is 10.7. The average molecular weight is 550 g/mol. The van der Waals surface area contributed by atoms with Crippen molar-refractivity contribution < 1.29 is 14.7 Å². The first-order chi connectivity index (χ1) is 19.8. The van der Waals surface area contributed by atoms with Gasteiger partial charge in [-0.1, -0.05) is 36.4 Å². The van der Waals surface area contributed by atoms with Crippen molar-refractivity contribution in [2.24, 2.45) is 0 Å². The Morgan fingerprint density at radius 3 is 2.44 bits per heavy atom. The molecule has 4 aromatic heterocycles. The number of fused-ring (bicyclic) bond motifs is 3. The van der Waals surface area contributed by atoms with E-state index in [2.05, 4.69) is 25.3 Å². The molecule has 2 saturated heterocycles. The molecule has 0 radical (unpaired) electrons. The normalized spacial score (nSPS) is 21.9. The Morgan fingerprint density at radius 1 is 1.05 bits per heavy atom. The van der Waals surface area contributed by atoms with Crippen LogP contribution >= 0.6 is 0 Å². The highest BCUT2D eigenvalue weighted by Crippen LogP contribution is 2.47. The summed E-state index contributed by atoms with van der Waals surface area (Å²) in [7, 11) is 0. The monoisotopic (exact) mass is 549 g/mol. The third-order valence-electron chi connectivity index (χ3n) is 8.24. The molecule has 0 aliphatic carbocycles. The number of nitrogens with two attached hydrogens (primary N) is 1. The number of nitrogen functional groups attached to an aromatic ring is 1. The second kappa shape index (κ2) is 9.30. The Bertz CT molecular complexity index is 1770. The quantitative estimate of drug-likeness (QED) is 0.279. The van der Waals surface area contributed by atoms with Crippen molar-refractivity contribution in [1.82, 2.24) is 39.7 Å². The molecule has 0 unspecified atom stereocenters. The largest absolute Gasteiger partial charge is 0.383 e. The van der Waals surface area contributed by atoms with Gasteiger partial charge in [-0.05, 0) is 25.8 Å². The molecule has 2 fully saturated rings. The molecule has 2 aliphatic rings. The number of carbonyl (C=O) groups excluding carboxylic acids is 2. The summed E-state index contributed by atoms with van der Waals surface area (Å²) in [6, 6.07) is 13.2. The Kier molecular flexibility index (Phi) is 5.68. The van der Waals surface area contributed by atoms with E-state index in [1.165, 1.54) is 17.8 Å². The molecule has 0 saturated carbocycles. The highest BCUT2D eigenvalue weighted by molar-refractivity contribution is 6.00. The lowest BCUT2D eigenvalue weighted by atomic mass is 9.80. The predicted molar refractivity (Wildman–Crippen MR) is 149 cm³/mol. The van der Waals surface area contributed by atoms with Crippen molar-refractivity contribution >= 4 is 23.2 Å². The van der Waals surface area contributed by atoms with E-state index < -0.39 is 5.60 Å². The average Bonchev–Trinajstić information content (AvgIpc) is 3.72. The van der Waals surface area contributed by atoms with E-state index in [9.17, 15) is 14.7 Å². The van der Waals surface area contributed by atoms with Gasteiger partial charge >= 0.3 is 0 Å². The standard InChI is InChI=1S/C29H27N9O3/c1-16(39)23-24(29(41)11-19-8-9-20(12-29)37(19)28(40)26-32-15-33-36-26)35-27-21(14-34-38(27)25(23)30)18-7-10-22(31-13-18)17-5-3-2-4-6-17/h2-7,10,13-15,19-20,41H,8-9,11-12,30H2,1H3,(H,32,33,36)/t19-,20+,29+. The smallest absolute Gasteiger partial charge is 0.292 e. The SMILES string of the molecule is CC(=O)c1c([C@]2(O)C[C@H]3CC[C@@H](C2)N3C(=O)c2nnc[nH]2)nc2c(-c3ccc(-c4ccccc4)nc3)cnn2c1N. The highest BCUT2D eigenvalue weighted by Gasteiger charge is 2.52. The van der Waals surface area contributed by atoms with Crippen LogP contribution in [0.25, 0.3) is 28.0 Å². The van der Waals surface area contributed by atoms with Crippen molar-refractivity contribution in [3.63, 3.8) is 0 Å². The number of carbonyl (C=O) groups is 2. The Hall–Kier alpha value is -4.97. The maximum atomic E-state index is 13.2. The third-order valence-corrected chi connectivity index (χ3v) is 8.24. The maximum absolute atomic E-state index is 13.2. The van der Waals surface area contributed by atoms with Crippen LogP contribution in [0.1, 0.15) is 59.3 Å². The van der Waals surface area contributed by atoms with Gasteiger partial charge in [0.1, 0.15) is 17.7 Å². The van der Waals surface area contributed by atoms with Crippen molar-refractivity contribution in [3.05, 3.63) is 78.3 Å². The first-order valence-electron chi connectivity index (χ1n) is 13.5. The molecule has 6 heterocycles. The zero-order valence-electron chi connectivity index (χ0n) is 22.2. The van der Waals surface area contributed by atoms with Crippen LogP contribution in [-0.4, -0.2) is 68.5 Å². The van der Waals surface area contributed by atoms with E-state index in [1.54, 1.807) is 17.3 Å². The molecule has 12 heteroatoms. The van der Waals surface area contributed by atoms with E-state index >= 15 is 0 Å². The molecule has 0 spiro atoms. The summed E-state index contributed by atoms with van der Waals surface area (Å²) in [6.07, 6.45) is 6.61. The van der Waals surface area contributed by atoms with Gasteiger partial charge in [-0.3, -0.25) is 14.6 Å². The van der Waals surface area contributed by atoms with E-state index in [-0.39, 0.29) is 59.5 Å². The van der Waals surface area contributed by atoms with E-state index in [4.69, 9.17) is 10.7 Å². The summed E-state index contributed by atoms with van der Waals surface area (Å²) in [5.41, 5.74) is 9.10. The lowest BCUT2D eigenvalue weighted by Gasteiger charge is -2.43. The van der Waals surface area contributed by atoms with Gasteiger partial charge in [0.25, 0.3) is 5.91 Å². The zero-order valence-corrected chi connectivity index (χ0v) is 22.2. The molecule has 2 aliphatic heterocycles. The van der Waals surface area contributed by atoms with E-state index in [1.807, 2.05) is 42.5 Å². The minimum absolute atomic E-state index is 0.110. The molecule has 1 amide bonds. The fourth-order valence-corrected chi connectivity index (χ4v) is 6.42. The number of anilines is 1. The number of hydrogen-bond donors (Lipinski definition) is 3. The number of Topliss-reactive ketones (excluding diaryl/α,β-unsaturated/α-hetero) is 1. The molecule has 4 N–H and O–H groups in total. The van der Waals surface area contributed by atoms with Crippen LogP contribution in [0.3, 0.4) is 0 Å². The summed E-state index contributed by atoms with van der Waals surface area (Å²) in [6.45, 7) is 1.40. The van der Waals surface area contributed by atoms with Gasteiger partial charge in [-0.2, -0.15) is 9.61 Å². The van der Waals surface area contributed by atoms with Crippen molar-refractivity contribution in [2.75, 3.05) is 5.73 Å². The summed E-state index contributed by atoms with van der Waals surface area (Å²) in [5, 5.41) is 24.2. The van der Waals surface area contributed by atoms with Crippen LogP contribution in [0.4, 0.5) is 5.82 Å². The molecule has 7 rings (SSSR count). The highest BCUT2D eigenvalue weighted by atomic mass is 16.3. The number of nitrogens with one attached hydrogen (secondary N) is 1. The summed E-state index contributed by atoms with van der Waals surface area (Å²) in [4.78, 5) is 40.1. The lowest BCUT2D eigenvalue weighted by Crippen LogP contribution is -2.52. The Balaban J connectivity index is 1.29. The third kappa shape index (κ3) is 3.98. The van der Waals surface area contributed by atoms with Gasteiger partial charge in [-0.15, -0.1) is 10.2 Å². The van der Waals surface area contributed by atoms with Crippen LogP contribution < -0.4 is 5.73 Å². The molecule has 3 atom stereocenters. The molecule has 1 aromatic carbocycles.